The zero-order valence-corrected chi connectivity index (χ0v) is 20.0. The van der Waals surface area contributed by atoms with Crippen molar-refractivity contribution in [3.63, 3.8) is 0 Å². The maximum Gasteiger partial charge on any atom is 0.322 e. The van der Waals surface area contributed by atoms with Crippen LogP contribution in [-0.2, 0) is 22.4 Å². The predicted octanol–water partition coefficient (Wildman–Crippen LogP) is 3.54. The lowest BCUT2D eigenvalue weighted by Crippen LogP contribution is -2.55. The molecule has 184 valence electrons. The number of rotatable bonds is 12. The number of unbranched alkanes of at least 4 members (excludes halogenated alkanes) is 2. The third-order valence-electron chi connectivity index (χ3n) is 6.01. The van der Waals surface area contributed by atoms with Crippen molar-refractivity contribution in [1.29, 1.82) is 0 Å². The van der Waals surface area contributed by atoms with Crippen LogP contribution in [0.25, 0.3) is 10.8 Å². The molecule has 0 saturated carbocycles. The second kappa shape index (κ2) is 13.2. The van der Waals surface area contributed by atoms with Crippen molar-refractivity contribution in [2.45, 2.75) is 44.6 Å². The number of carbonyl (C=O) groups is 3. The van der Waals surface area contributed by atoms with Gasteiger partial charge in [0.15, 0.2) is 0 Å². The summed E-state index contributed by atoms with van der Waals surface area (Å²) in [5.41, 5.74) is 13.0. The minimum atomic E-state index is -1.02. The molecule has 0 radical (unpaired) electrons. The summed E-state index contributed by atoms with van der Waals surface area (Å²) in [7, 11) is 0. The Morgan fingerprint density at radius 2 is 1.54 bits per heavy atom. The fraction of sp³-hybridized carbons (Fsp3) is 0.321. The molecule has 0 heterocycles. The summed E-state index contributed by atoms with van der Waals surface area (Å²) < 4.78 is 0. The molecule has 0 aliphatic heterocycles. The molecule has 7 nitrogen and oxygen atoms in total. The van der Waals surface area contributed by atoms with Gasteiger partial charge in [-0.3, -0.25) is 14.5 Å². The highest BCUT2D eigenvalue weighted by Crippen LogP contribution is 2.18. The number of nitrogens with zero attached hydrogens (tertiary/aromatic N) is 1. The third-order valence-corrected chi connectivity index (χ3v) is 6.01. The highest BCUT2D eigenvalue weighted by molar-refractivity contribution is 5.99. The second-order valence-corrected chi connectivity index (χ2v) is 8.63. The fourth-order valence-corrected chi connectivity index (χ4v) is 4.13. The van der Waals surface area contributed by atoms with Gasteiger partial charge < -0.3 is 16.8 Å². The van der Waals surface area contributed by atoms with E-state index >= 15 is 0 Å². The molecule has 3 rings (SSSR count). The molecule has 0 aromatic heterocycles. The minimum Gasteiger partial charge on any atom is -0.354 e. The zero-order valence-electron chi connectivity index (χ0n) is 20.0. The molecule has 0 fully saturated rings. The maximum absolute atomic E-state index is 13.2. The van der Waals surface area contributed by atoms with Gasteiger partial charge in [0.2, 0.25) is 11.8 Å². The Balaban J connectivity index is 1.73. The third kappa shape index (κ3) is 7.65. The van der Waals surface area contributed by atoms with E-state index in [0.717, 1.165) is 46.1 Å². The molecule has 1 atom stereocenters. The van der Waals surface area contributed by atoms with E-state index < -0.39 is 18.0 Å². The van der Waals surface area contributed by atoms with Crippen LogP contribution in [0.1, 0.15) is 36.8 Å². The molecule has 5 N–H and O–H groups in total. The molecule has 0 saturated heterocycles. The van der Waals surface area contributed by atoms with Crippen LogP contribution in [0.15, 0.2) is 72.8 Å². The van der Waals surface area contributed by atoms with Crippen molar-refractivity contribution in [1.82, 2.24) is 10.2 Å². The number of fused-ring (bicyclic) bond motifs is 1. The number of urea groups is 1. The van der Waals surface area contributed by atoms with Crippen molar-refractivity contribution in [2.24, 2.45) is 11.5 Å². The maximum atomic E-state index is 13.2. The van der Waals surface area contributed by atoms with Crippen LogP contribution >= 0.6 is 0 Å². The molecule has 0 aliphatic carbocycles. The van der Waals surface area contributed by atoms with Gasteiger partial charge >= 0.3 is 6.03 Å². The summed E-state index contributed by atoms with van der Waals surface area (Å²) in [6.07, 6.45) is 3.24. The minimum absolute atomic E-state index is 0.0658. The van der Waals surface area contributed by atoms with Crippen LogP contribution in [0.2, 0.25) is 0 Å². The Hall–Kier alpha value is -3.71. The van der Waals surface area contributed by atoms with Gasteiger partial charge in [-0.2, -0.15) is 0 Å². The number of imide groups is 1. The number of amides is 4. The second-order valence-electron chi connectivity index (χ2n) is 8.63. The first-order chi connectivity index (χ1) is 17.0. The van der Waals surface area contributed by atoms with Crippen LogP contribution < -0.4 is 16.8 Å². The number of carbonyl (C=O) groups excluding carboxylic acids is 3. The van der Waals surface area contributed by atoms with E-state index in [9.17, 15) is 14.4 Å². The number of aryl methyl sites for hydroxylation is 1. The fourth-order valence-electron chi connectivity index (χ4n) is 4.13. The lowest BCUT2D eigenvalue weighted by molar-refractivity contribution is -0.137. The Kier molecular flexibility index (Phi) is 9.80. The van der Waals surface area contributed by atoms with Gasteiger partial charge in [0, 0.05) is 19.4 Å². The lowest BCUT2D eigenvalue weighted by Gasteiger charge is -2.28. The number of primary amides is 1. The van der Waals surface area contributed by atoms with E-state index in [2.05, 4.69) is 5.32 Å². The summed E-state index contributed by atoms with van der Waals surface area (Å²) in [6, 6.07) is 21.4. The van der Waals surface area contributed by atoms with E-state index in [1.165, 1.54) is 0 Å². The molecule has 0 bridgehead atoms. The molecule has 0 unspecified atom stereocenters. The lowest BCUT2D eigenvalue weighted by atomic mass is 10.0. The Bertz CT molecular complexity index is 1130. The average Bonchev–Trinajstić information content (AvgIpc) is 2.87. The molecule has 3 aromatic carbocycles. The van der Waals surface area contributed by atoms with Crippen LogP contribution in [0.4, 0.5) is 4.79 Å². The van der Waals surface area contributed by atoms with Crippen molar-refractivity contribution >= 4 is 28.6 Å². The van der Waals surface area contributed by atoms with Crippen LogP contribution in [-0.4, -0.2) is 41.9 Å². The zero-order chi connectivity index (χ0) is 25.0. The first-order valence-corrected chi connectivity index (χ1v) is 12.1. The van der Waals surface area contributed by atoms with Crippen molar-refractivity contribution < 1.29 is 14.4 Å². The SMILES string of the molecule is NCCCCCNC(=O)[C@@H](Cc1ccccc1)N(C(N)=O)C(=O)CCc1ccc2ccccc2c1. The van der Waals surface area contributed by atoms with Gasteiger partial charge in [0.25, 0.3) is 0 Å². The largest absolute Gasteiger partial charge is 0.354 e. The van der Waals surface area contributed by atoms with Gasteiger partial charge in [-0.15, -0.1) is 0 Å². The Labute approximate surface area is 206 Å². The van der Waals surface area contributed by atoms with Gasteiger partial charge in [-0.1, -0.05) is 79.2 Å². The summed E-state index contributed by atoms with van der Waals surface area (Å²) >= 11 is 0. The molecule has 0 aliphatic rings. The average molecular weight is 475 g/mol. The van der Waals surface area contributed by atoms with Crippen LogP contribution in [0.3, 0.4) is 0 Å². The summed E-state index contributed by atoms with van der Waals surface area (Å²) in [5.74, 6) is -0.857. The van der Waals surface area contributed by atoms with Gasteiger partial charge in [-0.25, -0.2) is 4.79 Å². The Morgan fingerprint density at radius 1 is 0.829 bits per heavy atom. The Morgan fingerprint density at radius 3 is 2.26 bits per heavy atom. The van der Waals surface area contributed by atoms with E-state index in [1.807, 2.05) is 72.8 Å². The van der Waals surface area contributed by atoms with Crippen molar-refractivity contribution in [3.05, 3.63) is 83.9 Å². The van der Waals surface area contributed by atoms with E-state index in [-0.39, 0.29) is 18.7 Å². The number of nitrogens with one attached hydrogen (secondary N) is 1. The van der Waals surface area contributed by atoms with Crippen LogP contribution in [0.5, 0.6) is 0 Å². The van der Waals surface area contributed by atoms with Crippen LogP contribution in [0, 0.1) is 0 Å². The number of nitrogens with two attached hydrogens (primary N) is 2. The van der Waals surface area contributed by atoms with Crippen molar-refractivity contribution in [2.75, 3.05) is 13.1 Å². The number of benzene rings is 3. The van der Waals surface area contributed by atoms with E-state index in [1.54, 1.807) is 0 Å². The molecular formula is C28H34N4O3. The summed E-state index contributed by atoms with van der Waals surface area (Å²) in [6.45, 7) is 1.05. The molecular weight excluding hydrogens is 440 g/mol. The standard InChI is InChI=1S/C28H34N4O3/c29-17-7-2-8-18-31-27(34)25(20-21-9-3-1-4-10-21)32(28(30)35)26(33)16-14-22-13-15-23-11-5-6-12-24(23)19-22/h1,3-6,9-13,15,19,25H,2,7-8,14,16-18,20,29H2,(H2,30,35)(H,31,34)/t25-/m1/s1. The van der Waals surface area contributed by atoms with Gasteiger partial charge in [0.05, 0.1) is 0 Å². The van der Waals surface area contributed by atoms with Crippen molar-refractivity contribution in [3.8, 4) is 0 Å². The monoisotopic (exact) mass is 474 g/mol. The molecule has 4 amide bonds. The first kappa shape index (κ1) is 25.9. The normalized spacial score (nSPS) is 11.7. The van der Waals surface area contributed by atoms with E-state index in [0.29, 0.717) is 19.5 Å². The highest BCUT2D eigenvalue weighted by atomic mass is 16.2. The smallest absolute Gasteiger partial charge is 0.322 e. The number of hydrogen-bond acceptors (Lipinski definition) is 4. The van der Waals surface area contributed by atoms with E-state index in [4.69, 9.17) is 11.5 Å². The molecule has 7 heteroatoms. The van der Waals surface area contributed by atoms with Gasteiger partial charge in [0.1, 0.15) is 6.04 Å². The number of hydrogen-bond donors (Lipinski definition) is 3. The predicted molar refractivity (Wildman–Crippen MR) is 139 cm³/mol. The molecule has 0 spiro atoms. The highest BCUT2D eigenvalue weighted by Gasteiger charge is 2.33. The van der Waals surface area contributed by atoms with Gasteiger partial charge in [-0.05, 0) is 47.7 Å². The molecule has 3 aromatic rings. The first-order valence-electron chi connectivity index (χ1n) is 12.1. The summed E-state index contributed by atoms with van der Waals surface area (Å²) in [5, 5.41) is 5.07. The quantitative estimate of drug-likeness (QED) is 0.348. The summed E-state index contributed by atoms with van der Waals surface area (Å²) in [4.78, 5) is 39.6. The molecule has 35 heavy (non-hydrogen) atoms. The topological polar surface area (TPSA) is 119 Å².